The van der Waals surface area contributed by atoms with Gasteiger partial charge in [0.2, 0.25) is 0 Å². The zero-order valence-electron chi connectivity index (χ0n) is 8.32. The molecule has 0 saturated carbocycles. The number of hydrogen-bond donors (Lipinski definition) is 0. The van der Waals surface area contributed by atoms with Gasteiger partial charge in [-0.25, -0.2) is 4.79 Å². The summed E-state index contributed by atoms with van der Waals surface area (Å²) < 4.78 is 4.86. The Balaban J connectivity index is 4.05. The van der Waals surface area contributed by atoms with E-state index in [0.717, 1.165) is 0 Å². The average molecular weight is 183 g/mol. The van der Waals surface area contributed by atoms with Gasteiger partial charge in [-0.1, -0.05) is 18.2 Å². The van der Waals surface area contributed by atoms with E-state index in [1.54, 1.807) is 17.9 Å². The maximum Gasteiger partial charge on any atom is 0.410 e. The van der Waals surface area contributed by atoms with Crippen LogP contribution in [0.4, 0.5) is 4.79 Å². The molecular weight excluding hydrogens is 166 g/mol. The van der Waals surface area contributed by atoms with Gasteiger partial charge in [0.25, 0.3) is 0 Å². The number of amides is 1. The number of rotatable bonds is 5. The van der Waals surface area contributed by atoms with Gasteiger partial charge in [-0.2, -0.15) is 0 Å². The second-order valence-electron chi connectivity index (χ2n) is 2.46. The highest BCUT2D eigenvalue weighted by Crippen LogP contribution is 1.95. The van der Waals surface area contributed by atoms with E-state index in [2.05, 4.69) is 6.58 Å². The summed E-state index contributed by atoms with van der Waals surface area (Å²) in [5.74, 6) is 0. The molecule has 0 bridgehead atoms. The molecule has 0 spiro atoms. The Morgan fingerprint density at radius 1 is 1.54 bits per heavy atom. The molecule has 0 radical (unpaired) electrons. The van der Waals surface area contributed by atoms with Crippen LogP contribution in [-0.2, 0) is 4.74 Å². The minimum Gasteiger partial charge on any atom is -0.450 e. The van der Waals surface area contributed by atoms with E-state index in [-0.39, 0.29) is 6.09 Å². The Morgan fingerprint density at radius 2 is 2.23 bits per heavy atom. The minimum absolute atomic E-state index is 0.291. The summed E-state index contributed by atoms with van der Waals surface area (Å²) in [5.41, 5.74) is 0. The molecule has 0 atom stereocenters. The van der Waals surface area contributed by atoms with Crippen LogP contribution < -0.4 is 0 Å². The fourth-order valence-electron chi connectivity index (χ4n) is 0.827. The van der Waals surface area contributed by atoms with Crippen molar-refractivity contribution in [1.82, 2.24) is 4.90 Å². The molecule has 0 rings (SSSR count). The molecule has 0 aromatic rings. The average Bonchev–Trinajstić information content (AvgIpc) is 2.12. The molecule has 0 fully saturated rings. The van der Waals surface area contributed by atoms with Crippen molar-refractivity contribution in [2.75, 3.05) is 19.7 Å². The van der Waals surface area contributed by atoms with Crippen LogP contribution in [0.5, 0.6) is 0 Å². The SMILES string of the molecule is C=CCN(C/C=C/C)C(=O)OCC. The molecule has 74 valence electrons. The van der Waals surface area contributed by atoms with Gasteiger partial charge in [-0.05, 0) is 13.8 Å². The van der Waals surface area contributed by atoms with Gasteiger partial charge in [0.05, 0.1) is 6.61 Å². The second-order valence-corrected chi connectivity index (χ2v) is 2.46. The number of allylic oxidation sites excluding steroid dienone is 1. The maximum atomic E-state index is 11.3. The molecule has 0 N–H and O–H groups in total. The fourth-order valence-corrected chi connectivity index (χ4v) is 0.827. The first-order valence-electron chi connectivity index (χ1n) is 4.40. The third-order valence-electron chi connectivity index (χ3n) is 1.44. The highest BCUT2D eigenvalue weighted by Gasteiger charge is 2.09. The molecule has 0 aromatic carbocycles. The third kappa shape index (κ3) is 5.06. The number of carbonyl (C=O) groups excluding carboxylic acids is 1. The van der Waals surface area contributed by atoms with Crippen LogP contribution in [0.1, 0.15) is 13.8 Å². The van der Waals surface area contributed by atoms with Crippen LogP contribution >= 0.6 is 0 Å². The van der Waals surface area contributed by atoms with Crippen LogP contribution in [0, 0.1) is 0 Å². The van der Waals surface area contributed by atoms with Gasteiger partial charge in [-0.15, -0.1) is 6.58 Å². The molecule has 13 heavy (non-hydrogen) atoms. The number of nitrogens with zero attached hydrogens (tertiary/aromatic N) is 1. The number of ether oxygens (including phenoxy) is 1. The molecule has 3 heteroatoms. The first-order valence-corrected chi connectivity index (χ1v) is 4.40. The molecule has 0 saturated heterocycles. The predicted octanol–water partition coefficient (Wildman–Crippen LogP) is 2.21. The maximum absolute atomic E-state index is 11.3. The molecule has 0 aliphatic heterocycles. The van der Waals surface area contributed by atoms with Crippen molar-refractivity contribution in [1.29, 1.82) is 0 Å². The van der Waals surface area contributed by atoms with Crippen molar-refractivity contribution in [2.45, 2.75) is 13.8 Å². The highest BCUT2D eigenvalue weighted by atomic mass is 16.6. The zero-order chi connectivity index (χ0) is 10.1. The van der Waals surface area contributed by atoms with Crippen molar-refractivity contribution in [2.24, 2.45) is 0 Å². The van der Waals surface area contributed by atoms with Crippen LogP contribution in [0.15, 0.2) is 24.8 Å². The molecule has 0 aliphatic rings. The van der Waals surface area contributed by atoms with Crippen LogP contribution in [0.3, 0.4) is 0 Å². The van der Waals surface area contributed by atoms with Gasteiger partial charge in [-0.3, -0.25) is 0 Å². The first-order chi connectivity index (χ1) is 6.26. The summed E-state index contributed by atoms with van der Waals surface area (Å²) >= 11 is 0. The van der Waals surface area contributed by atoms with Crippen molar-refractivity contribution in [3.8, 4) is 0 Å². The summed E-state index contributed by atoms with van der Waals surface area (Å²) in [7, 11) is 0. The normalized spacial score (nSPS) is 10.0. The van der Waals surface area contributed by atoms with Gasteiger partial charge >= 0.3 is 6.09 Å². The molecule has 3 nitrogen and oxygen atoms in total. The van der Waals surface area contributed by atoms with E-state index in [0.29, 0.717) is 19.7 Å². The Labute approximate surface area is 79.7 Å². The smallest absolute Gasteiger partial charge is 0.410 e. The van der Waals surface area contributed by atoms with Crippen LogP contribution in [-0.4, -0.2) is 30.7 Å². The summed E-state index contributed by atoms with van der Waals surface area (Å²) in [6.45, 7) is 8.78. The van der Waals surface area contributed by atoms with Crippen molar-refractivity contribution < 1.29 is 9.53 Å². The molecule has 1 amide bonds. The third-order valence-corrected chi connectivity index (χ3v) is 1.44. The van der Waals surface area contributed by atoms with E-state index in [1.165, 1.54) is 0 Å². The summed E-state index contributed by atoms with van der Waals surface area (Å²) in [6, 6.07) is 0. The van der Waals surface area contributed by atoms with E-state index >= 15 is 0 Å². The lowest BCUT2D eigenvalue weighted by Gasteiger charge is -2.17. The Kier molecular flexibility index (Phi) is 6.69. The lowest BCUT2D eigenvalue weighted by atomic mass is 10.4. The minimum atomic E-state index is -0.291. The van der Waals surface area contributed by atoms with Gasteiger partial charge < -0.3 is 9.64 Å². The number of carbonyl (C=O) groups is 1. The second kappa shape index (κ2) is 7.40. The summed E-state index contributed by atoms with van der Waals surface area (Å²) in [5, 5.41) is 0. The molecule has 0 aromatic heterocycles. The van der Waals surface area contributed by atoms with Crippen molar-refractivity contribution in [3.63, 3.8) is 0 Å². The van der Waals surface area contributed by atoms with Gasteiger partial charge in [0.15, 0.2) is 0 Å². The first kappa shape index (κ1) is 11.8. The monoisotopic (exact) mass is 183 g/mol. The molecule has 0 aliphatic carbocycles. The van der Waals surface area contributed by atoms with Crippen molar-refractivity contribution >= 4 is 6.09 Å². The van der Waals surface area contributed by atoms with Gasteiger partial charge in [0, 0.05) is 13.1 Å². The predicted molar refractivity (Wildman–Crippen MR) is 53.6 cm³/mol. The molecule has 0 heterocycles. The van der Waals surface area contributed by atoms with E-state index in [4.69, 9.17) is 4.74 Å². The zero-order valence-corrected chi connectivity index (χ0v) is 8.32. The molecular formula is C10H17NO2. The largest absolute Gasteiger partial charge is 0.450 e. The Hall–Kier alpha value is -1.25. The quantitative estimate of drug-likeness (QED) is 0.611. The van der Waals surface area contributed by atoms with E-state index in [9.17, 15) is 4.79 Å². The number of hydrogen-bond acceptors (Lipinski definition) is 2. The van der Waals surface area contributed by atoms with Gasteiger partial charge in [0.1, 0.15) is 0 Å². The topological polar surface area (TPSA) is 29.5 Å². The van der Waals surface area contributed by atoms with Crippen LogP contribution in [0.2, 0.25) is 0 Å². The summed E-state index contributed by atoms with van der Waals surface area (Å²) in [4.78, 5) is 12.8. The van der Waals surface area contributed by atoms with Crippen LogP contribution in [0.25, 0.3) is 0 Å². The lowest BCUT2D eigenvalue weighted by molar-refractivity contribution is 0.115. The Morgan fingerprint density at radius 3 is 2.69 bits per heavy atom. The van der Waals surface area contributed by atoms with Crippen molar-refractivity contribution in [3.05, 3.63) is 24.8 Å². The standard InChI is InChI=1S/C10H17NO2/c1-4-7-9-11(8-5-2)10(12)13-6-3/h4-5,7H,2,6,8-9H2,1,3H3/b7-4+. The highest BCUT2D eigenvalue weighted by molar-refractivity contribution is 5.67. The summed E-state index contributed by atoms with van der Waals surface area (Å²) in [6.07, 6.45) is 5.19. The fraction of sp³-hybridized carbons (Fsp3) is 0.500. The van der Waals surface area contributed by atoms with E-state index < -0.39 is 0 Å². The van der Waals surface area contributed by atoms with E-state index in [1.807, 2.05) is 19.1 Å². The lowest BCUT2D eigenvalue weighted by Crippen LogP contribution is -2.31. The Bertz CT molecular complexity index is 187. The molecule has 0 unspecified atom stereocenters.